The molecule has 9 heteroatoms. The van der Waals surface area contributed by atoms with Gasteiger partial charge in [0.1, 0.15) is 5.60 Å². The second-order valence-electron chi connectivity index (χ2n) is 7.57. The lowest BCUT2D eigenvalue weighted by atomic mass is 9.97. The van der Waals surface area contributed by atoms with E-state index in [1.54, 1.807) is 23.6 Å². The summed E-state index contributed by atoms with van der Waals surface area (Å²) in [6.45, 7) is 7.45. The largest absolute Gasteiger partial charge is 0.444 e. The molecule has 0 N–H and O–H groups in total. The number of aryl methyl sites for hydroxylation is 1. The molecule has 1 aromatic rings. The number of hydrogen-bond acceptors (Lipinski definition) is 6. The summed E-state index contributed by atoms with van der Waals surface area (Å²) in [6, 6.07) is 0. The maximum atomic E-state index is 12.1. The summed E-state index contributed by atoms with van der Waals surface area (Å²) in [4.78, 5) is 30.3. The molecule has 1 amide bonds. The van der Waals surface area contributed by atoms with Crippen molar-refractivity contribution in [2.75, 3.05) is 31.6 Å². The van der Waals surface area contributed by atoms with Crippen LogP contribution in [0.2, 0.25) is 0 Å². The lowest BCUT2D eigenvalue weighted by Crippen LogP contribution is -2.43. The second-order valence-corrected chi connectivity index (χ2v) is 7.57. The number of nitro groups is 1. The van der Waals surface area contributed by atoms with E-state index in [1.807, 2.05) is 25.7 Å². The van der Waals surface area contributed by atoms with Crippen molar-refractivity contribution in [3.63, 3.8) is 0 Å². The summed E-state index contributed by atoms with van der Waals surface area (Å²) in [5, 5.41) is 11.2. The van der Waals surface area contributed by atoms with Gasteiger partial charge < -0.3 is 24.7 Å². The number of carbonyl (C=O) groups excluding carboxylic acids is 1. The van der Waals surface area contributed by atoms with Gasteiger partial charge in [-0.3, -0.25) is 4.57 Å². The standard InChI is InChI=1S/C16H27N5O4/c1-16(2,3)25-15(22)18(4)9-12-7-6-8-20(10-12)14-13(21(23)24)17-11-19(14)5/h11-12H,6-10H2,1-5H3/t12-/m1/s1. The van der Waals surface area contributed by atoms with Crippen LogP contribution in [0.25, 0.3) is 0 Å². The number of anilines is 1. The smallest absolute Gasteiger partial charge is 0.410 e. The van der Waals surface area contributed by atoms with Gasteiger partial charge in [-0.2, -0.15) is 0 Å². The van der Waals surface area contributed by atoms with Gasteiger partial charge in [0.25, 0.3) is 0 Å². The first-order chi connectivity index (χ1) is 11.6. The van der Waals surface area contributed by atoms with Crippen LogP contribution in [0.1, 0.15) is 33.6 Å². The maximum absolute atomic E-state index is 12.1. The minimum absolute atomic E-state index is 0.122. The predicted molar refractivity (Wildman–Crippen MR) is 93.7 cm³/mol. The van der Waals surface area contributed by atoms with Crippen LogP contribution >= 0.6 is 0 Å². The molecule has 1 aliphatic rings. The van der Waals surface area contributed by atoms with E-state index in [9.17, 15) is 14.9 Å². The number of ether oxygens (including phenoxy) is 1. The van der Waals surface area contributed by atoms with Crippen molar-refractivity contribution in [1.29, 1.82) is 0 Å². The van der Waals surface area contributed by atoms with Gasteiger partial charge in [0.15, 0.2) is 0 Å². The number of carbonyl (C=O) groups is 1. The van der Waals surface area contributed by atoms with Crippen molar-refractivity contribution in [2.24, 2.45) is 13.0 Å². The number of piperidine rings is 1. The molecule has 0 aliphatic carbocycles. The molecule has 0 spiro atoms. The van der Waals surface area contributed by atoms with Crippen LogP contribution in [0.3, 0.4) is 0 Å². The number of nitrogens with zero attached hydrogens (tertiary/aromatic N) is 5. The van der Waals surface area contributed by atoms with Gasteiger partial charge in [-0.05, 0) is 49.4 Å². The fraction of sp³-hybridized carbons (Fsp3) is 0.750. The van der Waals surface area contributed by atoms with Gasteiger partial charge >= 0.3 is 11.9 Å². The van der Waals surface area contributed by atoms with Crippen LogP contribution in [-0.2, 0) is 11.8 Å². The van der Waals surface area contributed by atoms with Gasteiger partial charge in [-0.25, -0.2) is 4.79 Å². The van der Waals surface area contributed by atoms with Crippen LogP contribution in [0.15, 0.2) is 6.33 Å². The SMILES string of the molecule is CN(C[C@H]1CCCN(c2c([N+](=O)[O-])ncn2C)C1)C(=O)OC(C)(C)C. The van der Waals surface area contributed by atoms with E-state index < -0.39 is 10.5 Å². The zero-order valence-corrected chi connectivity index (χ0v) is 15.6. The third-order valence-electron chi connectivity index (χ3n) is 4.12. The van der Waals surface area contributed by atoms with Crippen molar-refractivity contribution in [1.82, 2.24) is 14.5 Å². The van der Waals surface area contributed by atoms with Crippen LogP contribution in [0.5, 0.6) is 0 Å². The van der Waals surface area contributed by atoms with E-state index >= 15 is 0 Å². The number of amides is 1. The van der Waals surface area contributed by atoms with Crippen LogP contribution in [0, 0.1) is 16.0 Å². The minimum Gasteiger partial charge on any atom is -0.444 e. The lowest BCUT2D eigenvalue weighted by molar-refractivity contribution is -0.388. The van der Waals surface area contributed by atoms with Gasteiger partial charge in [0.05, 0.1) is 0 Å². The lowest BCUT2D eigenvalue weighted by Gasteiger charge is -2.35. The molecule has 0 unspecified atom stereocenters. The molecule has 0 radical (unpaired) electrons. The number of aromatic nitrogens is 2. The Hall–Kier alpha value is -2.32. The molecule has 1 aromatic heterocycles. The van der Waals surface area contributed by atoms with Crippen molar-refractivity contribution >= 4 is 17.7 Å². The second kappa shape index (κ2) is 7.28. The molecule has 1 aliphatic heterocycles. The highest BCUT2D eigenvalue weighted by Gasteiger charge is 2.31. The van der Waals surface area contributed by atoms with E-state index in [-0.39, 0.29) is 17.8 Å². The van der Waals surface area contributed by atoms with E-state index in [4.69, 9.17) is 4.74 Å². The number of rotatable bonds is 4. The third-order valence-corrected chi connectivity index (χ3v) is 4.12. The van der Waals surface area contributed by atoms with E-state index in [0.29, 0.717) is 18.9 Å². The molecule has 1 saturated heterocycles. The Balaban J connectivity index is 2.03. The summed E-state index contributed by atoms with van der Waals surface area (Å²) < 4.78 is 7.06. The van der Waals surface area contributed by atoms with Crippen molar-refractivity contribution < 1.29 is 14.5 Å². The summed E-state index contributed by atoms with van der Waals surface area (Å²) in [7, 11) is 3.48. The maximum Gasteiger partial charge on any atom is 0.410 e. The van der Waals surface area contributed by atoms with Crippen molar-refractivity contribution in [3.05, 3.63) is 16.4 Å². The van der Waals surface area contributed by atoms with Gasteiger partial charge in [-0.15, -0.1) is 0 Å². The van der Waals surface area contributed by atoms with Crippen LogP contribution in [-0.4, -0.2) is 57.8 Å². The van der Waals surface area contributed by atoms with E-state index in [1.165, 1.54) is 6.33 Å². The first kappa shape index (κ1) is 19.0. The normalized spacial score (nSPS) is 18.1. The zero-order valence-electron chi connectivity index (χ0n) is 15.6. The summed E-state index contributed by atoms with van der Waals surface area (Å²) in [6.07, 6.45) is 2.99. The molecule has 0 saturated carbocycles. The van der Waals surface area contributed by atoms with Crippen molar-refractivity contribution in [3.8, 4) is 0 Å². The molecule has 0 aromatic carbocycles. The summed E-state index contributed by atoms with van der Waals surface area (Å²) in [5.74, 6) is 0.624. The van der Waals surface area contributed by atoms with Gasteiger partial charge in [0, 0.05) is 33.7 Å². The topological polar surface area (TPSA) is 93.7 Å². The van der Waals surface area contributed by atoms with E-state index in [2.05, 4.69) is 4.98 Å². The average molecular weight is 353 g/mol. The molecular formula is C16H27N5O4. The molecule has 1 atom stereocenters. The molecule has 1 fully saturated rings. The van der Waals surface area contributed by atoms with Crippen molar-refractivity contribution in [2.45, 2.75) is 39.2 Å². The fourth-order valence-electron chi connectivity index (χ4n) is 3.11. The number of hydrogen-bond donors (Lipinski definition) is 0. The fourth-order valence-corrected chi connectivity index (χ4v) is 3.11. The zero-order chi connectivity index (χ0) is 18.8. The summed E-state index contributed by atoms with van der Waals surface area (Å²) >= 11 is 0. The average Bonchev–Trinajstić information content (AvgIpc) is 2.87. The molecular weight excluding hydrogens is 326 g/mol. The monoisotopic (exact) mass is 353 g/mol. The highest BCUT2D eigenvalue weighted by atomic mass is 16.6. The summed E-state index contributed by atoms with van der Waals surface area (Å²) in [5.41, 5.74) is -0.529. The first-order valence-electron chi connectivity index (χ1n) is 8.43. The Labute approximate surface area is 147 Å². The molecule has 25 heavy (non-hydrogen) atoms. The Morgan fingerprint density at radius 2 is 2.20 bits per heavy atom. The van der Waals surface area contributed by atoms with Crippen LogP contribution < -0.4 is 4.90 Å². The molecule has 140 valence electrons. The first-order valence-corrected chi connectivity index (χ1v) is 8.43. The predicted octanol–water partition coefficient (Wildman–Crippen LogP) is 2.41. The van der Waals surface area contributed by atoms with E-state index in [0.717, 1.165) is 19.4 Å². The minimum atomic E-state index is -0.529. The molecule has 9 nitrogen and oxygen atoms in total. The molecule has 0 bridgehead atoms. The van der Waals surface area contributed by atoms with Gasteiger partial charge in [0.2, 0.25) is 12.1 Å². The Morgan fingerprint density at radius 3 is 2.80 bits per heavy atom. The highest BCUT2D eigenvalue weighted by molar-refractivity contribution is 5.67. The quantitative estimate of drug-likeness (QED) is 0.609. The van der Waals surface area contributed by atoms with Gasteiger partial charge in [-0.1, -0.05) is 0 Å². The number of imidazole rings is 1. The third kappa shape index (κ3) is 4.83. The molecule has 2 rings (SSSR count). The van der Waals surface area contributed by atoms with Crippen LogP contribution in [0.4, 0.5) is 16.4 Å². The highest BCUT2D eigenvalue weighted by Crippen LogP contribution is 2.30. The molecule has 2 heterocycles. The Bertz CT molecular complexity index is 637. The Kier molecular flexibility index (Phi) is 5.54. The Morgan fingerprint density at radius 1 is 1.52 bits per heavy atom.